The van der Waals surface area contributed by atoms with Crippen molar-refractivity contribution in [3.8, 4) is 0 Å². The van der Waals surface area contributed by atoms with E-state index in [1.807, 2.05) is 24.3 Å². The number of carbonyl (C=O) groups excluding carboxylic acids is 2. The number of unbranched alkanes of at least 4 members (excludes halogenated alkanes) is 1. The summed E-state index contributed by atoms with van der Waals surface area (Å²) in [4.78, 5) is 37.1. The van der Waals surface area contributed by atoms with E-state index in [1.54, 1.807) is 0 Å². The molecule has 1 heterocycles. The van der Waals surface area contributed by atoms with E-state index < -0.39 is 12.0 Å². The third kappa shape index (κ3) is 4.16. The Kier molecular flexibility index (Phi) is 5.54. The molecule has 0 bridgehead atoms. The number of anilines is 2. The van der Waals surface area contributed by atoms with E-state index >= 15 is 0 Å². The zero-order chi connectivity index (χ0) is 19.4. The Balaban J connectivity index is 1.69. The maximum atomic E-state index is 12.7. The predicted octanol–water partition coefficient (Wildman–Crippen LogP) is 3.47. The van der Waals surface area contributed by atoms with Crippen molar-refractivity contribution in [2.24, 2.45) is 0 Å². The van der Waals surface area contributed by atoms with Crippen molar-refractivity contribution >= 4 is 29.2 Å². The van der Waals surface area contributed by atoms with Crippen molar-refractivity contribution in [1.29, 1.82) is 0 Å². The van der Waals surface area contributed by atoms with Crippen molar-refractivity contribution in [1.82, 2.24) is 0 Å². The van der Waals surface area contributed by atoms with Crippen LogP contribution in [-0.2, 0) is 16.0 Å². The average Bonchev–Trinajstić information content (AvgIpc) is 2.94. The standard InChI is InChI=1S/C21H22N2O4/c1-2-3-4-14-5-9-16(10-6-14)22-18-13-19(24)23(20(18)25)17-11-7-15(8-12-17)21(26)27/h5-12,18,22H,2-4,13H2,1H3,(H,26,27). The number of aromatic carboxylic acids is 1. The van der Waals surface area contributed by atoms with Gasteiger partial charge in [0.1, 0.15) is 6.04 Å². The molecule has 0 radical (unpaired) electrons. The van der Waals surface area contributed by atoms with Crippen LogP contribution in [0.3, 0.4) is 0 Å². The van der Waals surface area contributed by atoms with Crippen LogP contribution in [0.4, 0.5) is 11.4 Å². The van der Waals surface area contributed by atoms with E-state index in [0.717, 1.165) is 29.8 Å². The number of nitrogens with one attached hydrogen (secondary N) is 1. The smallest absolute Gasteiger partial charge is 0.335 e. The van der Waals surface area contributed by atoms with Gasteiger partial charge in [0.05, 0.1) is 17.7 Å². The van der Waals surface area contributed by atoms with E-state index in [2.05, 4.69) is 12.2 Å². The van der Waals surface area contributed by atoms with Crippen molar-refractivity contribution in [2.75, 3.05) is 10.2 Å². The minimum absolute atomic E-state index is 0.0666. The Labute approximate surface area is 157 Å². The Hall–Kier alpha value is -3.15. The zero-order valence-electron chi connectivity index (χ0n) is 15.1. The number of rotatable bonds is 7. The lowest BCUT2D eigenvalue weighted by atomic mass is 10.1. The number of amides is 2. The molecule has 6 nitrogen and oxygen atoms in total. The summed E-state index contributed by atoms with van der Waals surface area (Å²) in [6.45, 7) is 2.15. The second-order valence-corrected chi connectivity index (χ2v) is 6.62. The quantitative estimate of drug-likeness (QED) is 0.733. The molecule has 2 aromatic rings. The van der Waals surface area contributed by atoms with Crippen LogP contribution in [0.25, 0.3) is 0 Å². The number of benzene rings is 2. The van der Waals surface area contributed by atoms with Crippen LogP contribution in [0.1, 0.15) is 42.1 Å². The molecule has 0 aromatic heterocycles. The molecule has 1 unspecified atom stereocenters. The molecule has 27 heavy (non-hydrogen) atoms. The molecule has 1 aliphatic heterocycles. The monoisotopic (exact) mass is 366 g/mol. The molecule has 2 amide bonds. The summed E-state index contributed by atoms with van der Waals surface area (Å²) >= 11 is 0. The molecule has 0 spiro atoms. The number of carbonyl (C=O) groups is 3. The lowest BCUT2D eigenvalue weighted by Crippen LogP contribution is -2.34. The lowest BCUT2D eigenvalue weighted by molar-refractivity contribution is -0.121. The molecule has 140 valence electrons. The van der Waals surface area contributed by atoms with Crippen molar-refractivity contribution in [2.45, 2.75) is 38.6 Å². The molecule has 0 saturated carbocycles. The van der Waals surface area contributed by atoms with E-state index in [0.29, 0.717) is 5.69 Å². The van der Waals surface area contributed by atoms with Gasteiger partial charge in [-0.15, -0.1) is 0 Å². The predicted molar refractivity (Wildman–Crippen MR) is 103 cm³/mol. The minimum atomic E-state index is -1.05. The number of imide groups is 1. The molecule has 1 saturated heterocycles. The number of hydrogen-bond donors (Lipinski definition) is 2. The molecule has 3 rings (SSSR count). The first-order chi connectivity index (χ1) is 13.0. The summed E-state index contributed by atoms with van der Waals surface area (Å²) in [7, 11) is 0. The normalized spacial score (nSPS) is 16.6. The average molecular weight is 366 g/mol. The number of carboxylic acids is 1. The number of nitrogens with zero attached hydrogens (tertiary/aromatic N) is 1. The van der Waals surface area contributed by atoms with E-state index in [1.165, 1.54) is 29.8 Å². The molecule has 2 N–H and O–H groups in total. The summed E-state index contributed by atoms with van der Waals surface area (Å²) in [6, 6.07) is 13.0. The largest absolute Gasteiger partial charge is 0.478 e. The fourth-order valence-electron chi connectivity index (χ4n) is 3.12. The highest BCUT2D eigenvalue weighted by Gasteiger charge is 2.39. The van der Waals surface area contributed by atoms with Crippen LogP contribution in [0, 0.1) is 0 Å². The maximum absolute atomic E-state index is 12.7. The summed E-state index contributed by atoms with van der Waals surface area (Å²) in [5.74, 6) is -1.69. The van der Waals surface area contributed by atoms with Crippen LogP contribution < -0.4 is 10.2 Å². The van der Waals surface area contributed by atoms with Crippen molar-refractivity contribution in [3.05, 3.63) is 59.7 Å². The number of carboxylic acid groups (broad SMARTS) is 1. The third-order valence-electron chi connectivity index (χ3n) is 4.63. The van der Waals surface area contributed by atoms with E-state index in [4.69, 9.17) is 5.11 Å². The van der Waals surface area contributed by atoms with Crippen molar-refractivity contribution < 1.29 is 19.5 Å². The Bertz CT molecular complexity index is 843. The second kappa shape index (κ2) is 8.03. The Morgan fingerprint density at radius 3 is 2.37 bits per heavy atom. The van der Waals surface area contributed by atoms with Crippen LogP contribution in [0.2, 0.25) is 0 Å². The summed E-state index contributed by atoms with van der Waals surface area (Å²) in [5, 5.41) is 12.1. The Morgan fingerprint density at radius 1 is 1.11 bits per heavy atom. The molecule has 1 aliphatic rings. The van der Waals surface area contributed by atoms with Crippen molar-refractivity contribution in [3.63, 3.8) is 0 Å². The molecule has 1 atom stereocenters. The van der Waals surface area contributed by atoms with Crippen LogP contribution in [-0.4, -0.2) is 28.9 Å². The van der Waals surface area contributed by atoms with Gasteiger partial charge in [-0.3, -0.25) is 9.59 Å². The molecule has 1 fully saturated rings. The van der Waals surface area contributed by atoms with Gasteiger partial charge in [-0.1, -0.05) is 25.5 Å². The maximum Gasteiger partial charge on any atom is 0.335 e. The first kappa shape index (κ1) is 18.6. The van der Waals surface area contributed by atoms with Gasteiger partial charge in [0.2, 0.25) is 5.91 Å². The highest BCUT2D eigenvalue weighted by molar-refractivity contribution is 6.23. The number of aryl methyl sites for hydroxylation is 1. The molecule has 6 heteroatoms. The summed E-state index contributed by atoms with van der Waals surface area (Å²) < 4.78 is 0. The zero-order valence-corrected chi connectivity index (χ0v) is 15.1. The first-order valence-electron chi connectivity index (χ1n) is 9.05. The van der Waals surface area contributed by atoms with Gasteiger partial charge >= 0.3 is 5.97 Å². The lowest BCUT2D eigenvalue weighted by Gasteiger charge is -2.16. The van der Waals surface area contributed by atoms with Gasteiger partial charge in [-0.05, 0) is 54.8 Å². The summed E-state index contributed by atoms with van der Waals surface area (Å²) in [6.07, 6.45) is 3.37. The van der Waals surface area contributed by atoms with E-state index in [9.17, 15) is 14.4 Å². The molecule has 0 aliphatic carbocycles. The van der Waals surface area contributed by atoms with Gasteiger partial charge in [-0.25, -0.2) is 9.69 Å². The third-order valence-corrected chi connectivity index (χ3v) is 4.63. The fraction of sp³-hybridized carbons (Fsp3) is 0.286. The van der Waals surface area contributed by atoms with E-state index in [-0.39, 0.29) is 23.8 Å². The molecular formula is C21H22N2O4. The first-order valence-corrected chi connectivity index (χ1v) is 9.05. The van der Waals surface area contributed by atoms with Crippen LogP contribution in [0.5, 0.6) is 0 Å². The SMILES string of the molecule is CCCCc1ccc(NC2CC(=O)N(c3ccc(C(=O)O)cc3)C2=O)cc1. The molecule has 2 aromatic carbocycles. The molecular weight excluding hydrogens is 344 g/mol. The summed E-state index contributed by atoms with van der Waals surface area (Å²) in [5.41, 5.74) is 2.53. The topological polar surface area (TPSA) is 86.7 Å². The van der Waals surface area contributed by atoms with Gasteiger partial charge in [0.15, 0.2) is 0 Å². The van der Waals surface area contributed by atoms with Gasteiger partial charge < -0.3 is 10.4 Å². The second-order valence-electron chi connectivity index (χ2n) is 6.62. The highest BCUT2D eigenvalue weighted by atomic mass is 16.4. The van der Waals surface area contributed by atoms with Gasteiger partial charge in [0, 0.05) is 5.69 Å². The number of hydrogen-bond acceptors (Lipinski definition) is 4. The van der Waals surface area contributed by atoms with Gasteiger partial charge in [0.25, 0.3) is 5.91 Å². The Morgan fingerprint density at radius 2 is 1.78 bits per heavy atom. The van der Waals surface area contributed by atoms with Crippen LogP contribution >= 0.6 is 0 Å². The van der Waals surface area contributed by atoms with Crippen LogP contribution in [0.15, 0.2) is 48.5 Å². The van der Waals surface area contributed by atoms with Gasteiger partial charge in [-0.2, -0.15) is 0 Å². The minimum Gasteiger partial charge on any atom is -0.478 e. The highest BCUT2D eigenvalue weighted by Crippen LogP contribution is 2.25. The fourth-order valence-corrected chi connectivity index (χ4v) is 3.12.